The summed E-state index contributed by atoms with van der Waals surface area (Å²) in [6.07, 6.45) is 3.98. The van der Waals surface area contributed by atoms with E-state index in [4.69, 9.17) is 0 Å². The number of nitrogens with one attached hydrogen (secondary N) is 1. The molecule has 28 heavy (non-hydrogen) atoms. The maximum atomic E-state index is 12.7. The van der Waals surface area contributed by atoms with Crippen LogP contribution in [-0.2, 0) is 24.2 Å². The van der Waals surface area contributed by atoms with E-state index in [2.05, 4.69) is 10.3 Å². The van der Waals surface area contributed by atoms with Gasteiger partial charge >= 0.3 is 5.69 Å². The van der Waals surface area contributed by atoms with Crippen LogP contribution in [0.5, 0.6) is 0 Å². The summed E-state index contributed by atoms with van der Waals surface area (Å²) < 4.78 is 1.81. The van der Waals surface area contributed by atoms with Crippen LogP contribution in [0.1, 0.15) is 29.0 Å². The van der Waals surface area contributed by atoms with Crippen LogP contribution in [0.15, 0.2) is 57.7 Å². The summed E-state index contributed by atoms with van der Waals surface area (Å²) in [4.78, 5) is 30.5. The minimum atomic E-state index is -0.222. The first kappa shape index (κ1) is 19.0. The predicted molar refractivity (Wildman–Crippen MR) is 114 cm³/mol. The standard InChI is InChI=1S/C21H21N3O2S2/c25-19(22-15-7-2-1-3-8-15)14-28-20-17-10-4-5-11-18(17)24(21(26)23-20)13-16-9-6-12-27-16/h1-3,6-9,12H,4-5,10-11,13-14H2,(H,22,25). The molecule has 0 radical (unpaired) electrons. The molecule has 0 atom stereocenters. The summed E-state index contributed by atoms with van der Waals surface area (Å²) >= 11 is 3.01. The van der Waals surface area contributed by atoms with Crippen LogP contribution in [0.4, 0.5) is 5.69 Å². The van der Waals surface area contributed by atoms with Crippen molar-refractivity contribution in [3.8, 4) is 0 Å². The van der Waals surface area contributed by atoms with E-state index in [1.54, 1.807) is 11.3 Å². The maximum absolute atomic E-state index is 12.7. The Morgan fingerprint density at radius 1 is 1.14 bits per heavy atom. The second-order valence-electron chi connectivity index (χ2n) is 6.70. The second kappa shape index (κ2) is 8.75. The lowest BCUT2D eigenvalue weighted by atomic mass is 9.97. The van der Waals surface area contributed by atoms with Crippen LogP contribution in [0.2, 0.25) is 0 Å². The zero-order valence-electron chi connectivity index (χ0n) is 15.4. The summed E-state index contributed by atoms with van der Waals surface area (Å²) in [6.45, 7) is 0.575. The van der Waals surface area contributed by atoms with E-state index in [9.17, 15) is 9.59 Å². The topological polar surface area (TPSA) is 64.0 Å². The first-order valence-corrected chi connectivity index (χ1v) is 11.2. The number of amides is 1. The molecular formula is C21H21N3O2S2. The number of aromatic nitrogens is 2. The van der Waals surface area contributed by atoms with Gasteiger partial charge in [-0.05, 0) is 49.3 Å². The third kappa shape index (κ3) is 4.36. The van der Waals surface area contributed by atoms with E-state index in [0.717, 1.165) is 47.5 Å². The Morgan fingerprint density at radius 3 is 2.75 bits per heavy atom. The number of benzene rings is 1. The van der Waals surface area contributed by atoms with Crippen LogP contribution < -0.4 is 11.0 Å². The molecule has 1 aliphatic carbocycles. The summed E-state index contributed by atoms with van der Waals surface area (Å²) in [5.74, 6) is 0.147. The highest BCUT2D eigenvalue weighted by Gasteiger charge is 2.21. The van der Waals surface area contributed by atoms with E-state index in [1.165, 1.54) is 11.8 Å². The molecule has 1 N–H and O–H groups in total. The van der Waals surface area contributed by atoms with Crippen LogP contribution in [-0.4, -0.2) is 21.2 Å². The maximum Gasteiger partial charge on any atom is 0.349 e. The Kier molecular flexibility index (Phi) is 5.92. The number of rotatable bonds is 6. The summed E-state index contributed by atoms with van der Waals surface area (Å²) in [7, 11) is 0. The zero-order chi connectivity index (χ0) is 19.3. The average Bonchev–Trinajstić information content (AvgIpc) is 3.23. The van der Waals surface area contributed by atoms with E-state index in [0.29, 0.717) is 11.6 Å². The number of fused-ring (bicyclic) bond motifs is 1. The molecule has 2 aromatic heterocycles. The lowest BCUT2D eigenvalue weighted by Gasteiger charge is -2.22. The SMILES string of the molecule is O=C(CSc1nc(=O)n(Cc2cccs2)c2c1CCCC2)Nc1ccccc1. The molecule has 0 saturated carbocycles. The number of nitrogens with zero attached hydrogens (tertiary/aromatic N) is 2. The Morgan fingerprint density at radius 2 is 1.96 bits per heavy atom. The van der Waals surface area contributed by atoms with Crippen molar-refractivity contribution in [3.63, 3.8) is 0 Å². The van der Waals surface area contributed by atoms with Gasteiger partial charge in [-0.2, -0.15) is 4.98 Å². The number of carbonyl (C=O) groups excluding carboxylic acids is 1. The molecule has 1 amide bonds. The van der Waals surface area contributed by atoms with E-state index >= 15 is 0 Å². The van der Waals surface area contributed by atoms with Gasteiger partial charge in [-0.15, -0.1) is 11.3 Å². The van der Waals surface area contributed by atoms with Gasteiger partial charge in [0.2, 0.25) is 5.91 Å². The van der Waals surface area contributed by atoms with Crippen molar-refractivity contribution in [2.24, 2.45) is 0 Å². The lowest BCUT2D eigenvalue weighted by molar-refractivity contribution is -0.113. The van der Waals surface area contributed by atoms with Gasteiger partial charge < -0.3 is 5.32 Å². The minimum absolute atomic E-state index is 0.0923. The molecule has 3 aromatic rings. The normalized spacial score (nSPS) is 13.1. The van der Waals surface area contributed by atoms with Crippen molar-refractivity contribution in [2.75, 3.05) is 11.1 Å². The highest BCUT2D eigenvalue weighted by Crippen LogP contribution is 2.29. The smallest absolute Gasteiger partial charge is 0.325 e. The molecule has 4 rings (SSSR count). The van der Waals surface area contributed by atoms with E-state index < -0.39 is 0 Å². The molecule has 5 nitrogen and oxygen atoms in total. The van der Waals surface area contributed by atoms with Gasteiger partial charge in [-0.3, -0.25) is 9.36 Å². The van der Waals surface area contributed by atoms with Crippen LogP contribution in [0, 0.1) is 0 Å². The van der Waals surface area contributed by atoms with Gasteiger partial charge in [0, 0.05) is 21.8 Å². The van der Waals surface area contributed by atoms with E-state index in [-0.39, 0.29) is 17.3 Å². The van der Waals surface area contributed by atoms with Crippen molar-refractivity contribution in [1.82, 2.24) is 9.55 Å². The first-order valence-electron chi connectivity index (χ1n) is 9.33. The second-order valence-corrected chi connectivity index (χ2v) is 8.70. The molecule has 0 spiro atoms. The van der Waals surface area contributed by atoms with Crippen molar-refractivity contribution >= 4 is 34.7 Å². The van der Waals surface area contributed by atoms with Gasteiger partial charge in [0.05, 0.1) is 12.3 Å². The number of hydrogen-bond acceptors (Lipinski definition) is 5. The highest BCUT2D eigenvalue weighted by atomic mass is 32.2. The number of carbonyl (C=O) groups is 1. The fraction of sp³-hybridized carbons (Fsp3) is 0.286. The average molecular weight is 412 g/mol. The number of hydrogen-bond donors (Lipinski definition) is 1. The quantitative estimate of drug-likeness (QED) is 0.493. The number of anilines is 1. The van der Waals surface area contributed by atoms with Crippen LogP contribution >= 0.6 is 23.1 Å². The van der Waals surface area contributed by atoms with Gasteiger partial charge in [-0.1, -0.05) is 36.0 Å². The van der Waals surface area contributed by atoms with Crippen molar-refractivity contribution in [2.45, 2.75) is 37.3 Å². The van der Waals surface area contributed by atoms with Crippen LogP contribution in [0.3, 0.4) is 0 Å². The molecular weight excluding hydrogens is 390 g/mol. The molecule has 1 aromatic carbocycles. The number of para-hydroxylation sites is 1. The molecule has 0 saturated heterocycles. The predicted octanol–water partition coefficient (Wildman–Crippen LogP) is 3.96. The first-order chi connectivity index (χ1) is 13.7. The number of thioether (sulfide) groups is 1. The van der Waals surface area contributed by atoms with Gasteiger partial charge in [-0.25, -0.2) is 4.79 Å². The summed E-state index contributed by atoms with van der Waals surface area (Å²) in [6, 6.07) is 13.4. The van der Waals surface area contributed by atoms with Gasteiger partial charge in [0.15, 0.2) is 0 Å². The van der Waals surface area contributed by atoms with Crippen LogP contribution in [0.25, 0.3) is 0 Å². The largest absolute Gasteiger partial charge is 0.349 e. The Bertz CT molecular complexity index is 1010. The molecule has 7 heteroatoms. The fourth-order valence-corrected chi connectivity index (χ4v) is 5.01. The summed E-state index contributed by atoms with van der Waals surface area (Å²) in [5.41, 5.74) is 2.78. The van der Waals surface area contributed by atoms with E-state index in [1.807, 2.05) is 52.4 Å². The molecule has 0 bridgehead atoms. The molecule has 0 unspecified atom stereocenters. The monoisotopic (exact) mass is 411 g/mol. The Hall–Kier alpha value is -2.38. The Labute approximate surface area is 171 Å². The third-order valence-electron chi connectivity index (χ3n) is 4.74. The molecule has 0 fully saturated rings. The Balaban J connectivity index is 1.53. The third-order valence-corrected chi connectivity index (χ3v) is 6.62. The van der Waals surface area contributed by atoms with Crippen molar-refractivity contribution in [1.29, 1.82) is 0 Å². The van der Waals surface area contributed by atoms with Gasteiger partial charge in [0.25, 0.3) is 0 Å². The fourth-order valence-electron chi connectivity index (χ4n) is 3.44. The molecule has 2 heterocycles. The number of thiophene rings is 1. The minimum Gasteiger partial charge on any atom is -0.325 e. The zero-order valence-corrected chi connectivity index (χ0v) is 17.0. The van der Waals surface area contributed by atoms with Gasteiger partial charge in [0.1, 0.15) is 5.03 Å². The van der Waals surface area contributed by atoms with Crippen molar-refractivity contribution in [3.05, 3.63) is 74.5 Å². The molecule has 1 aliphatic rings. The molecule has 144 valence electrons. The van der Waals surface area contributed by atoms with Crippen molar-refractivity contribution < 1.29 is 4.79 Å². The summed E-state index contributed by atoms with van der Waals surface area (Å²) in [5, 5.41) is 5.62. The lowest BCUT2D eigenvalue weighted by Crippen LogP contribution is -2.30. The highest BCUT2D eigenvalue weighted by molar-refractivity contribution is 8.00. The molecule has 0 aliphatic heterocycles.